The molecule has 0 radical (unpaired) electrons. The van der Waals surface area contributed by atoms with E-state index < -0.39 is 0 Å². The Labute approximate surface area is 305 Å². The minimum absolute atomic E-state index is 0.113. The van der Waals surface area contributed by atoms with Gasteiger partial charge in [-0.2, -0.15) is 0 Å². The number of benzene rings is 7. The number of hydrogen-bond donors (Lipinski definition) is 0. The highest BCUT2D eigenvalue weighted by Crippen LogP contribution is 2.50. The van der Waals surface area contributed by atoms with Crippen molar-refractivity contribution in [3.8, 4) is 34.1 Å². The minimum atomic E-state index is -0.268. The minimum Gasteiger partial charge on any atom is -0.440 e. The molecule has 0 amide bonds. The van der Waals surface area contributed by atoms with Crippen molar-refractivity contribution in [2.75, 3.05) is 0 Å². The molecule has 0 heterocycles. The zero-order chi connectivity index (χ0) is 35.8. The summed E-state index contributed by atoms with van der Waals surface area (Å²) in [6.45, 7) is 15.6. The van der Waals surface area contributed by atoms with Crippen molar-refractivity contribution in [1.82, 2.24) is 0 Å². The monoisotopic (exact) mass is 710 g/mol. The van der Waals surface area contributed by atoms with E-state index >= 15 is 0 Å². The van der Waals surface area contributed by atoms with E-state index in [9.17, 15) is 0 Å². The van der Waals surface area contributed by atoms with Gasteiger partial charge in [0.15, 0.2) is 0 Å². The van der Waals surface area contributed by atoms with Gasteiger partial charge in [-0.1, -0.05) is 145 Å². The van der Waals surface area contributed by atoms with Crippen molar-refractivity contribution in [2.45, 2.75) is 59.3 Å². The summed E-state index contributed by atoms with van der Waals surface area (Å²) in [6, 6.07) is 44.0. The molecule has 0 spiro atoms. The van der Waals surface area contributed by atoms with E-state index in [-0.39, 0.29) is 28.9 Å². The fourth-order valence-electron chi connectivity index (χ4n) is 6.54. The summed E-state index contributed by atoms with van der Waals surface area (Å²) in [5.41, 5.74) is 5.15. The van der Waals surface area contributed by atoms with Crippen LogP contribution in [0.3, 0.4) is 0 Å². The smallest absolute Gasteiger partial charge is 0.275 e. The number of hydrogen-bond acceptors (Lipinski definition) is 4. The van der Waals surface area contributed by atoms with E-state index in [1.165, 1.54) is 16.5 Å². The molecule has 0 N–H and O–H groups in total. The van der Waals surface area contributed by atoms with Gasteiger partial charge >= 0.3 is 0 Å². The Bertz CT molecular complexity index is 2360. The largest absolute Gasteiger partial charge is 0.440 e. The molecule has 6 heteroatoms. The fraction of sp³-hybridized carbons (Fsp3) is 0.200. The molecule has 0 fully saturated rings. The Morgan fingerprint density at radius 1 is 0.451 bits per heavy atom. The van der Waals surface area contributed by atoms with Crippen LogP contribution in [0.4, 0.5) is 0 Å². The van der Waals surface area contributed by atoms with E-state index in [0.29, 0.717) is 0 Å². The van der Waals surface area contributed by atoms with Gasteiger partial charge in [-0.05, 0) is 74.7 Å². The molecule has 0 bridgehead atoms. The molecule has 7 aromatic carbocycles. The van der Waals surface area contributed by atoms with Gasteiger partial charge in [-0.3, -0.25) is 0 Å². The molecule has 0 saturated heterocycles. The van der Waals surface area contributed by atoms with E-state index in [1.54, 1.807) is 0 Å². The van der Waals surface area contributed by atoms with Gasteiger partial charge in [0.2, 0.25) is 0 Å². The normalized spacial score (nSPS) is 12.5. The third-order valence-corrected chi connectivity index (χ3v) is 10.6. The van der Waals surface area contributed by atoms with Gasteiger partial charge < -0.3 is 18.1 Å². The number of aryl methyl sites for hydroxylation is 1. The second kappa shape index (κ2) is 14.2. The lowest BCUT2D eigenvalue weighted by molar-refractivity contribution is 0.492. The van der Waals surface area contributed by atoms with Crippen molar-refractivity contribution in [1.29, 1.82) is 0 Å². The first-order valence-corrected chi connectivity index (χ1v) is 19.0. The third-order valence-electron chi connectivity index (χ3n) is 9.37. The summed E-state index contributed by atoms with van der Waals surface area (Å²) in [5.74, 6) is 3.13. The summed E-state index contributed by atoms with van der Waals surface area (Å²) in [7, 11) is -0.530. The molecule has 51 heavy (non-hydrogen) atoms. The Morgan fingerprint density at radius 2 is 1.00 bits per heavy atom. The van der Waals surface area contributed by atoms with Crippen LogP contribution in [0.2, 0.25) is 0 Å². The lowest BCUT2D eigenvalue weighted by atomic mass is 9.77. The second-order valence-electron chi connectivity index (χ2n) is 15.0. The number of rotatable bonds is 9. The SMILES string of the molecule is Cc1ccc(OPOc2ccc3ccccc3c2-c2cc(C(C)(C)C)cc(C(C)(C)C)c2OPOc2cccc3ccccc23)c2ccccc12. The Morgan fingerprint density at radius 3 is 1.71 bits per heavy atom. The molecule has 0 aliphatic rings. The van der Waals surface area contributed by atoms with Crippen LogP contribution >= 0.6 is 18.1 Å². The predicted molar refractivity (Wildman–Crippen MR) is 219 cm³/mol. The van der Waals surface area contributed by atoms with Crippen molar-refractivity contribution in [2.24, 2.45) is 0 Å². The van der Waals surface area contributed by atoms with Gasteiger partial charge in [-0.15, -0.1) is 0 Å². The van der Waals surface area contributed by atoms with E-state index in [0.717, 1.165) is 66.6 Å². The highest BCUT2D eigenvalue weighted by molar-refractivity contribution is 7.27. The lowest BCUT2D eigenvalue weighted by Crippen LogP contribution is -2.18. The summed E-state index contributed by atoms with van der Waals surface area (Å²) in [5, 5.41) is 6.63. The van der Waals surface area contributed by atoms with E-state index in [4.69, 9.17) is 18.1 Å². The molecular weight excluding hydrogens is 666 g/mol. The average molecular weight is 711 g/mol. The second-order valence-corrected chi connectivity index (χ2v) is 16.2. The van der Waals surface area contributed by atoms with Crippen LogP contribution in [0.15, 0.2) is 127 Å². The van der Waals surface area contributed by atoms with Crippen LogP contribution in [-0.2, 0) is 10.8 Å². The Balaban J connectivity index is 1.33. The average Bonchev–Trinajstić information content (AvgIpc) is 3.12. The molecule has 0 aliphatic carbocycles. The summed E-state index contributed by atoms with van der Waals surface area (Å²) < 4.78 is 26.2. The molecule has 258 valence electrons. The zero-order valence-corrected chi connectivity index (χ0v) is 32.3. The Hall–Kier alpha value is -4.62. The molecule has 7 aromatic rings. The van der Waals surface area contributed by atoms with Crippen LogP contribution < -0.4 is 18.1 Å². The van der Waals surface area contributed by atoms with Crippen molar-refractivity contribution in [3.63, 3.8) is 0 Å². The van der Waals surface area contributed by atoms with Crippen molar-refractivity contribution in [3.05, 3.63) is 144 Å². The first-order chi connectivity index (χ1) is 24.5. The summed E-state index contributed by atoms with van der Waals surface area (Å²) in [6.07, 6.45) is 0. The van der Waals surface area contributed by atoms with Crippen molar-refractivity contribution < 1.29 is 18.1 Å². The maximum absolute atomic E-state index is 6.83. The van der Waals surface area contributed by atoms with Crippen molar-refractivity contribution >= 4 is 50.4 Å². The number of fused-ring (bicyclic) bond motifs is 3. The molecule has 0 saturated carbocycles. The van der Waals surface area contributed by atoms with E-state index in [1.807, 2.05) is 36.4 Å². The van der Waals surface area contributed by atoms with Gasteiger partial charge in [0.25, 0.3) is 18.1 Å². The van der Waals surface area contributed by atoms with Crippen LogP contribution in [0.5, 0.6) is 23.0 Å². The first kappa shape index (κ1) is 34.8. The van der Waals surface area contributed by atoms with Crippen LogP contribution in [0, 0.1) is 6.92 Å². The predicted octanol–water partition coefficient (Wildman–Crippen LogP) is 13.6. The quantitative estimate of drug-likeness (QED) is 0.140. The topological polar surface area (TPSA) is 36.9 Å². The summed E-state index contributed by atoms with van der Waals surface area (Å²) in [4.78, 5) is 0. The van der Waals surface area contributed by atoms with Gasteiger partial charge in [0.1, 0.15) is 23.0 Å². The third kappa shape index (κ3) is 7.27. The molecule has 2 unspecified atom stereocenters. The van der Waals surface area contributed by atoms with Crippen LogP contribution in [0.25, 0.3) is 43.4 Å². The first-order valence-electron chi connectivity index (χ1n) is 17.3. The fourth-order valence-corrected chi connectivity index (χ4v) is 7.72. The standard InChI is InChI=1S/C45H44O4P2/c1-29-23-25-40(36-21-13-12-18-33(29)36)47-50-48-41-26-24-31-16-9-11-20-35(31)42(41)37-27-32(44(2,3)4)28-38(45(5,6)7)43(37)49-51-46-39-22-14-17-30-15-8-10-19-34(30)39/h8-28,50-51H,1-7H3. The molecule has 0 aromatic heterocycles. The van der Waals surface area contributed by atoms with Gasteiger partial charge in [0, 0.05) is 27.5 Å². The Kier molecular flexibility index (Phi) is 9.68. The highest BCUT2D eigenvalue weighted by atomic mass is 31.1. The molecular formula is C45H44O4P2. The molecule has 2 atom stereocenters. The maximum Gasteiger partial charge on any atom is 0.275 e. The molecule has 0 aliphatic heterocycles. The van der Waals surface area contributed by atoms with Gasteiger partial charge in [0.05, 0.1) is 0 Å². The van der Waals surface area contributed by atoms with E-state index in [2.05, 4.69) is 139 Å². The molecule has 4 nitrogen and oxygen atoms in total. The maximum atomic E-state index is 6.83. The lowest BCUT2D eigenvalue weighted by Gasteiger charge is -2.30. The van der Waals surface area contributed by atoms with Crippen LogP contribution in [0.1, 0.15) is 58.2 Å². The highest BCUT2D eigenvalue weighted by Gasteiger charge is 2.29. The summed E-state index contributed by atoms with van der Waals surface area (Å²) >= 11 is 0. The zero-order valence-electron chi connectivity index (χ0n) is 30.3. The van der Waals surface area contributed by atoms with Crippen LogP contribution in [-0.4, -0.2) is 0 Å². The molecule has 7 rings (SSSR count). The van der Waals surface area contributed by atoms with Gasteiger partial charge in [-0.25, -0.2) is 0 Å².